The Kier molecular flexibility index (Phi) is 4.82. The first-order valence-electron chi connectivity index (χ1n) is 5.90. The fraction of sp³-hybridized carbons (Fsp3) is 0.385. The van der Waals surface area contributed by atoms with Crippen LogP contribution in [0.3, 0.4) is 0 Å². The van der Waals surface area contributed by atoms with Crippen molar-refractivity contribution in [1.29, 1.82) is 0 Å². The lowest BCUT2D eigenvalue weighted by molar-refractivity contribution is -0.137. The summed E-state index contributed by atoms with van der Waals surface area (Å²) in [6, 6.07) is 2.69. The Labute approximate surface area is 119 Å². The molecule has 0 aromatic heterocycles. The maximum atomic E-state index is 13.0. The third-order valence-electron chi connectivity index (χ3n) is 2.83. The number of hydrogen-bond donors (Lipinski definition) is 1. The van der Waals surface area contributed by atoms with Crippen LogP contribution in [0.25, 0.3) is 0 Å². The number of carboxylic acid groups (broad SMARTS) is 1. The van der Waals surface area contributed by atoms with Gasteiger partial charge in [0, 0.05) is 26.8 Å². The highest BCUT2D eigenvalue weighted by Crippen LogP contribution is 2.36. The molecule has 1 aromatic carbocycles. The lowest BCUT2D eigenvalue weighted by Crippen LogP contribution is -2.35. The van der Waals surface area contributed by atoms with Gasteiger partial charge in [-0.15, -0.1) is 0 Å². The Bertz CT molecular complexity index is 556. The van der Waals surface area contributed by atoms with Gasteiger partial charge in [0.1, 0.15) is 0 Å². The smallest absolute Gasteiger partial charge is 0.418 e. The van der Waals surface area contributed by atoms with E-state index in [-0.39, 0.29) is 18.1 Å². The van der Waals surface area contributed by atoms with Crippen LogP contribution in [0.2, 0.25) is 0 Å². The third kappa shape index (κ3) is 4.11. The average molecular weight is 304 g/mol. The third-order valence-corrected chi connectivity index (χ3v) is 2.83. The van der Waals surface area contributed by atoms with Crippen molar-refractivity contribution in [2.45, 2.75) is 6.18 Å². The zero-order valence-corrected chi connectivity index (χ0v) is 11.7. The Balaban J connectivity index is 3.23. The summed E-state index contributed by atoms with van der Waals surface area (Å²) < 4.78 is 39.1. The summed E-state index contributed by atoms with van der Waals surface area (Å²) in [6.07, 6.45) is -4.71. The zero-order valence-electron chi connectivity index (χ0n) is 11.7. The lowest BCUT2D eigenvalue weighted by Gasteiger charge is -2.24. The molecule has 0 heterocycles. The van der Waals surface area contributed by atoms with E-state index in [1.807, 2.05) is 0 Å². The van der Waals surface area contributed by atoms with Gasteiger partial charge in [-0.1, -0.05) is 0 Å². The number of likely N-dealkylation sites (N-methyl/N-ethyl adjacent to an activating group) is 2. The predicted molar refractivity (Wildman–Crippen MR) is 70.4 cm³/mol. The molecule has 0 aliphatic rings. The number of amides is 1. The average Bonchev–Trinajstić information content (AvgIpc) is 2.36. The number of carboxylic acids is 1. The number of benzene rings is 1. The maximum absolute atomic E-state index is 13.0. The first-order valence-corrected chi connectivity index (χ1v) is 5.90. The SMILES string of the molecule is CN(C)C(=O)CN(C)c1ccc(C(=O)O)cc1C(F)(F)F. The molecule has 5 nitrogen and oxygen atoms in total. The van der Waals surface area contributed by atoms with Crippen molar-refractivity contribution in [3.8, 4) is 0 Å². The van der Waals surface area contributed by atoms with Gasteiger partial charge in [-0.25, -0.2) is 4.79 Å². The molecule has 116 valence electrons. The molecule has 0 aliphatic heterocycles. The van der Waals surface area contributed by atoms with Gasteiger partial charge in [0.15, 0.2) is 0 Å². The van der Waals surface area contributed by atoms with E-state index >= 15 is 0 Å². The number of aromatic carboxylic acids is 1. The fourth-order valence-electron chi connectivity index (χ4n) is 1.66. The monoisotopic (exact) mass is 304 g/mol. The quantitative estimate of drug-likeness (QED) is 0.923. The minimum Gasteiger partial charge on any atom is -0.478 e. The van der Waals surface area contributed by atoms with Crippen LogP contribution in [0, 0.1) is 0 Å². The maximum Gasteiger partial charge on any atom is 0.418 e. The van der Waals surface area contributed by atoms with Crippen molar-refractivity contribution in [2.24, 2.45) is 0 Å². The van der Waals surface area contributed by atoms with Gasteiger partial charge < -0.3 is 14.9 Å². The Morgan fingerprint density at radius 2 is 1.76 bits per heavy atom. The number of hydrogen-bond acceptors (Lipinski definition) is 3. The standard InChI is InChI=1S/C13H15F3N2O3/c1-17(2)11(19)7-18(3)10-5-4-8(12(20)21)6-9(10)13(14,15)16/h4-6H,7H2,1-3H3,(H,20,21). The van der Waals surface area contributed by atoms with Crippen LogP contribution in [0.1, 0.15) is 15.9 Å². The van der Waals surface area contributed by atoms with E-state index in [1.54, 1.807) is 0 Å². The van der Waals surface area contributed by atoms with Crippen LogP contribution < -0.4 is 4.90 Å². The highest BCUT2D eigenvalue weighted by atomic mass is 19.4. The fourth-order valence-corrected chi connectivity index (χ4v) is 1.66. The summed E-state index contributed by atoms with van der Waals surface area (Å²) in [7, 11) is 4.33. The number of nitrogens with zero attached hydrogens (tertiary/aromatic N) is 2. The molecule has 1 aromatic rings. The Morgan fingerprint density at radius 1 is 1.19 bits per heavy atom. The molecule has 8 heteroatoms. The van der Waals surface area contributed by atoms with Crippen molar-refractivity contribution < 1.29 is 27.9 Å². The van der Waals surface area contributed by atoms with Gasteiger partial charge in [-0.05, 0) is 18.2 Å². The topological polar surface area (TPSA) is 60.9 Å². The summed E-state index contributed by atoms with van der Waals surface area (Å²) in [5.41, 5.74) is -1.79. The molecule has 0 fully saturated rings. The number of carbonyl (C=O) groups excluding carboxylic acids is 1. The van der Waals surface area contributed by atoms with Gasteiger partial charge in [0.25, 0.3) is 0 Å². The van der Waals surface area contributed by atoms with Gasteiger partial charge >= 0.3 is 12.1 Å². The number of anilines is 1. The van der Waals surface area contributed by atoms with E-state index in [9.17, 15) is 22.8 Å². The van der Waals surface area contributed by atoms with Crippen molar-refractivity contribution in [2.75, 3.05) is 32.6 Å². The molecule has 0 aliphatic carbocycles. The molecular formula is C13H15F3N2O3. The van der Waals surface area contributed by atoms with Crippen LogP contribution in [-0.2, 0) is 11.0 Å². The van der Waals surface area contributed by atoms with Crippen LogP contribution >= 0.6 is 0 Å². The number of carbonyl (C=O) groups is 2. The largest absolute Gasteiger partial charge is 0.478 e. The van der Waals surface area contributed by atoms with E-state index in [1.165, 1.54) is 26.0 Å². The molecule has 0 saturated carbocycles. The molecule has 21 heavy (non-hydrogen) atoms. The zero-order chi connectivity index (χ0) is 16.4. The highest BCUT2D eigenvalue weighted by molar-refractivity contribution is 5.89. The first kappa shape index (κ1) is 16.8. The summed E-state index contributed by atoms with van der Waals surface area (Å²) in [5, 5.41) is 8.78. The van der Waals surface area contributed by atoms with Crippen molar-refractivity contribution in [3.63, 3.8) is 0 Å². The molecule has 0 radical (unpaired) electrons. The Hall–Kier alpha value is -2.25. The van der Waals surface area contributed by atoms with Crippen molar-refractivity contribution in [3.05, 3.63) is 29.3 Å². The number of rotatable bonds is 4. The van der Waals surface area contributed by atoms with Crippen molar-refractivity contribution in [1.82, 2.24) is 4.90 Å². The molecule has 1 rings (SSSR count). The molecule has 0 atom stereocenters. The minimum atomic E-state index is -4.71. The summed E-state index contributed by atoms with van der Waals surface area (Å²) >= 11 is 0. The molecule has 0 spiro atoms. The minimum absolute atomic E-state index is 0.247. The van der Waals surface area contributed by atoms with Gasteiger partial charge in [0.2, 0.25) is 5.91 Å². The summed E-state index contributed by atoms with van der Waals surface area (Å²) in [4.78, 5) is 24.8. The predicted octanol–water partition coefficient (Wildman–Crippen LogP) is 1.93. The van der Waals surface area contributed by atoms with E-state index in [0.717, 1.165) is 17.0 Å². The second-order valence-corrected chi connectivity index (χ2v) is 4.68. The molecular weight excluding hydrogens is 289 g/mol. The van der Waals surface area contributed by atoms with Gasteiger partial charge in [-0.3, -0.25) is 4.79 Å². The number of halogens is 3. The molecule has 1 N–H and O–H groups in total. The van der Waals surface area contributed by atoms with Crippen LogP contribution in [0.4, 0.5) is 18.9 Å². The lowest BCUT2D eigenvalue weighted by atomic mass is 10.1. The second kappa shape index (κ2) is 6.02. The van der Waals surface area contributed by atoms with E-state index in [2.05, 4.69) is 0 Å². The van der Waals surface area contributed by atoms with Crippen LogP contribution in [0.5, 0.6) is 0 Å². The first-order chi connectivity index (χ1) is 9.54. The van der Waals surface area contributed by atoms with Crippen LogP contribution in [-0.4, -0.2) is 49.6 Å². The van der Waals surface area contributed by atoms with Gasteiger partial charge in [-0.2, -0.15) is 13.2 Å². The summed E-state index contributed by atoms with van der Waals surface area (Å²) in [6.45, 7) is -0.248. The summed E-state index contributed by atoms with van der Waals surface area (Å²) in [5.74, 6) is -1.81. The number of alkyl halides is 3. The van der Waals surface area contributed by atoms with E-state index < -0.39 is 23.3 Å². The Morgan fingerprint density at radius 3 is 2.19 bits per heavy atom. The second-order valence-electron chi connectivity index (χ2n) is 4.68. The van der Waals surface area contributed by atoms with Crippen LogP contribution in [0.15, 0.2) is 18.2 Å². The molecule has 0 unspecified atom stereocenters. The van der Waals surface area contributed by atoms with Gasteiger partial charge in [0.05, 0.1) is 17.7 Å². The van der Waals surface area contributed by atoms with E-state index in [4.69, 9.17) is 5.11 Å². The molecule has 0 bridgehead atoms. The highest BCUT2D eigenvalue weighted by Gasteiger charge is 2.35. The molecule has 0 saturated heterocycles. The van der Waals surface area contributed by atoms with E-state index in [0.29, 0.717) is 6.07 Å². The molecule has 1 amide bonds. The normalized spacial score (nSPS) is 11.1. The van der Waals surface area contributed by atoms with Crippen molar-refractivity contribution >= 4 is 17.6 Å².